The predicted molar refractivity (Wildman–Crippen MR) is 69.6 cm³/mol. The molecule has 0 aliphatic carbocycles. The second-order valence-electron chi connectivity index (χ2n) is 3.80. The molecule has 0 heterocycles. The molecule has 0 saturated heterocycles. The van der Waals surface area contributed by atoms with Crippen LogP contribution in [0.4, 0.5) is 4.39 Å². The second-order valence-corrected chi connectivity index (χ2v) is 3.80. The van der Waals surface area contributed by atoms with Gasteiger partial charge in [0, 0.05) is 5.56 Å². The first kappa shape index (κ1) is 12.8. The fraction of sp³-hybridized carbons (Fsp3) is 0. The van der Waals surface area contributed by atoms with Gasteiger partial charge in [-0.1, -0.05) is 18.2 Å². The van der Waals surface area contributed by atoms with Gasteiger partial charge >= 0.3 is 0 Å². The number of phenols is 1. The number of halogens is 1. The molecule has 5 heteroatoms. The molecular formula is C14H11FN2O2. The Morgan fingerprint density at radius 1 is 1.21 bits per heavy atom. The van der Waals surface area contributed by atoms with Crippen LogP contribution in [0.3, 0.4) is 0 Å². The number of hydrogen-bond acceptors (Lipinski definition) is 3. The average Bonchev–Trinajstić information content (AvgIpc) is 2.41. The van der Waals surface area contributed by atoms with Crippen LogP contribution in [0, 0.1) is 5.82 Å². The van der Waals surface area contributed by atoms with Crippen molar-refractivity contribution in [1.29, 1.82) is 0 Å². The Labute approximate surface area is 109 Å². The summed E-state index contributed by atoms with van der Waals surface area (Å²) in [4.78, 5) is 11.6. The molecule has 19 heavy (non-hydrogen) atoms. The van der Waals surface area contributed by atoms with Gasteiger partial charge in [0.15, 0.2) is 0 Å². The van der Waals surface area contributed by atoms with Crippen molar-refractivity contribution in [2.75, 3.05) is 0 Å². The summed E-state index contributed by atoms with van der Waals surface area (Å²) >= 11 is 0. The van der Waals surface area contributed by atoms with Gasteiger partial charge in [-0.3, -0.25) is 4.79 Å². The Hall–Kier alpha value is -2.69. The van der Waals surface area contributed by atoms with E-state index in [1.54, 1.807) is 24.3 Å². The molecule has 1 amide bonds. The van der Waals surface area contributed by atoms with Crippen LogP contribution in [0.15, 0.2) is 53.6 Å². The van der Waals surface area contributed by atoms with E-state index in [9.17, 15) is 14.3 Å². The molecule has 0 radical (unpaired) electrons. The lowest BCUT2D eigenvalue weighted by molar-refractivity contribution is 0.0954. The van der Waals surface area contributed by atoms with Gasteiger partial charge in [0.2, 0.25) is 0 Å². The van der Waals surface area contributed by atoms with Crippen LogP contribution in [0.25, 0.3) is 0 Å². The maximum absolute atomic E-state index is 12.7. The summed E-state index contributed by atoms with van der Waals surface area (Å²) in [7, 11) is 0. The van der Waals surface area contributed by atoms with E-state index in [1.165, 1.54) is 30.5 Å². The van der Waals surface area contributed by atoms with Crippen LogP contribution in [0.1, 0.15) is 15.9 Å². The zero-order chi connectivity index (χ0) is 13.7. The summed E-state index contributed by atoms with van der Waals surface area (Å²) in [6, 6.07) is 11.6. The lowest BCUT2D eigenvalue weighted by atomic mass is 10.2. The number of nitrogens with zero attached hydrogens (tertiary/aromatic N) is 1. The first-order valence-electron chi connectivity index (χ1n) is 5.53. The van der Waals surface area contributed by atoms with Gasteiger partial charge < -0.3 is 5.11 Å². The third-order valence-corrected chi connectivity index (χ3v) is 2.36. The topological polar surface area (TPSA) is 61.7 Å². The molecule has 0 aliphatic rings. The largest absolute Gasteiger partial charge is 0.508 e. The van der Waals surface area contributed by atoms with Gasteiger partial charge in [-0.15, -0.1) is 0 Å². The van der Waals surface area contributed by atoms with Crippen molar-refractivity contribution in [3.8, 4) is 5.75 Å². The van der Waals surface area contributed by atoms with Gasteiger partial charge in [0.25, 0.3) is 5.91 Å². The second kappa shape index (κ2) is 5.77. The third kappa shape index (κ3) is 3.64. The Morgan fingerprint density at radius 2 is 1.95 bits per heavy atom. The lowest BCUT2D eigenvalue weighted by Crippen LogP contribution is -2.17. The molecule has 2 N–H and O–H groups in total. The van der Waals surface area contributed by atoms with E-state index in [1.807, 2.05) is 0 Å². The van der Waals surface area contributed by atoms with Crippen molar-refractivity contribution in [3.63, 3.8) is 0 Å². The zero-order valence-electron chi connectivity index (χ0n) is 9.88. The number of phenolic OH excluding ortho intramolecular Hbond substituents is 1. The summed E-state index contributed by atoms with van der Waals surface area (Å²) in [5.41, 5.74) is 3.28. The first-order valence-corrected chi connectivity index (χ1v) is 5.53. The zero-order valence-corrected chi connectivity index (χ0v) is 9.88. The highest BCUT2D eigenvalue weighted by Gasteiger charge is 2.03. The Kier molecular flexibility index (Phi) is 3.87. The van der Waals surface area contributed by atoms with Crippen LogP contribution >= 0.6 is 0 Å². The number of amides is 1. The summed E-state index contributed by atoms with van der Waals surface area (Å²) in [6.45, 7) is 0. The fourth-order valence-electron chi connectivity index (χ4n) is 1.43. The van der Waals surface area contributed by atoms with E-state index >= 15 is 0 Å². The molecule has 2 aromatic rings. The molecule has 0 aromatic heterocycles. The number of aromatic hydroxyl groups is 1. The van der Waals surface area contributed by atoms with Crippen molar-refractivity contribution in [1.82, 2.24) is 5.43 Å². The molecule has 2 rings (SSSR count). The minimum atomic E-state index is -0.436. The monoisotopic (exact) mass is 258 g/mol. The molecule has 0 fully saturated rings. The highest BCUT2D eigenvalue weighted by molar-refractivity contribution is 5.95. The number of carbonyl (C=O) groups excluding carboxylic acids is 1. The summed E-state index contributed by atoms with van der Waals surface area (Å²) in [6.07, 6.45) is 1.40. The quantitative estimate of drug-likeness (QED) is 0.655. The molecule has 0 bridgehead atoms. The fourth-order valence-corrected chi connectivity index (χ4v) is 1.43. The standard InChI is InChI=1S/C14H11FN2O2/c15-12-6-4-10(5-7-12)9-16-17-14(19)11-2-1-3-13(18)8-11/h1-9,18H,(H,17,19). The van der Waals surface area contributed by atoms with E-state index in [2.05, 4.69) is 10.5 Å². The Morgan fingerprint density at radius 3 is 2.63 bits per heavy atom. The van der Waals surface area contributed by atoms with E-state index in [0.29, 0.717) is 11.1 Å². The van der Waals surface area contributed by atoms with Crippen LogP contribution in [0.2, 0.25) is 0 Å². The summed E-state index contributed by atoms with van der Waals surface area (Å²) < 4.78 is 12.7. The van der Waals surface area contributed by atoms with Crippen LogP contribution in [-0.4, -0.2) is 17.2 Å². The Balaban J connectivity index is 1.98. The summed E-state index contributed by atoms with van der Waals surface area (Å²) in [5, 5.41) is 13.0. The normalized spacial score (nSPS) is 10.6. The molecule has 2 aromatic carbocycles. The van der Waals surface area contributed by atoms with Gasteiger partial charge in [0.1, 0.15) is 11.6 Å². The molecule has 0 aliphatic heterocycles. The maximum Gasteiger partial charge on any atom is 0.271 e. The van der Waals surface area contributed by atoms with Gasteiger partial charge in [-0.05, 0) is 35.9 Å². The molecule has 4 nitrogen and oxygen atoms in total. The Bertz CT molecular complexity index is 609. The highest BCUT2D eigenvalue weighted by Crippen LogP contribution is 2.10. The molecule has 0 unspecified atom stereocenters. The van der Waals surface area contributed by atoms with E-state index in [4.69, 9.17) is 0 Å². The van der Waals surface area contributed by atoms with Gasteiger partial charge in [-0.2, -0.15) is 5.10 Å². The lowest BCUT2D eigenvalue weighted by Gasteiger charge is -2.00. The molecular weight excluding hydrogens is 247 g/mol. The van der Waals surface area contributed by atoms with E-state index in [0.717, 1.165) is 0 Å². The number of nitrogens with one attached hydrogen (secondary N) is 1. The highest BCUT2D eigenvalue weighted by atomic mass is 19.1. The van der Waals surface area contributed by atoms with E-state index < -0.39 is 5.91 Å². The van der Waals surface area contributed by atoms with Crippen LogP contribution in [0.5, 0.6) is 5.75 Å². The predicted octanol–water partition coefficient (Wildman–Crippen LogP) is 2.30. The third-order valence-electron chi connectivity index (χ3n) is 2.36. The molecule has 0 saturated carbocycles. The van der Waals surface area contributed by atoms with E-state index in [-0.39, 0.29) is 11.6 Å². The molecule has 0 atom stereocenters. The van der Waals surface area contributed by atoms with Crippen LogP contribution in [-0.2, 0) is 0 Å². The van der Waals surface area contributed by atoms with Crippen molar-refractivity contribution >= 4 is 12.1 Å². The first-order chi connectivity index (χ1) is 9.15. The van der Waals surface area contributed by atoms with Crippen molar-refractivity contribution in [2.24, 2.45) is 5.10 Å². The van der Waals surface area contributed by atoms with Gasteiger partial charge in [0.05, 0.1) is 6.21 Å². The van der Waals surface area contributed by atoms with Gasteiger partial charge in [-0.25, -0.2) is 9.82 Å². The number of rotatable bonds is 3. The molecule has 96 valence electrons. The number of hydrogen-bond donors (Lipinski definition) is 2. The number of carbonyl (C=O) groups is 1. The summed E-state index contributed by atoms with van der Waals surface area (Å²) in [5.74, 6) is -0.759. The SMILES string of the molecule is O=C(NN=Cc1ccc(F)cc1)c1cccc(O)c1. The van der Waals surface area contributed by atoms with Crippen LogP contribution < -0.4 is 5.43 Å². The van der Waals surface area contributed by atoms with Crippen molar-refractivity contribution in [2.45, 2.75) is 0 Å². The van der Waals surface area contributed by atoms with Crippen molar-refractivity contribution in [3.05, 3.63) is 65.5 Å². The minimum absolute atomic E-state index is 0.00941. The average molecular weight is 258 g/mol. The van der Waals surface area contributed by atoms with Crippen molar-refractivity contribution < 1.29 is 14.3 Å². The smallest absolute Gasteiger partial charge is 0.271 e. The minimum Gasteiger partial charge on any atom is -0.508 e. The molecule has 0 spiro atoms. The number of hydrazone groups is 1. The number of benzene rings is 2. The maximum atomic E-state index is 12.7.